The number of aromatic nitrogens is 3. The van der Waals surface area contributed by atoms with Gasteiger partial charge in [-0.3, -0.25) is 19.5 Å². The van der Waals surface area contributed by atoms with E-state index in [9.17, 15) is 14.7 Å². The second kappa shape index (κ2) is 14.5. The highest BCUT2D eigenvalue weighted by Gasteiger charge is 2.48. The Morgan fingerprint density at radius 1 is 0.977 bits per heavy atom. The average Bonchev–Trinajstić information content (AvgIpc) is 3.61. The first-order valence-corrected chi connectivity index (χ1v) is 16.3. The van der Waals surface area contributed by atoms with Gasteiger partial charge in [0, 0.05) is 23.7 Å². The number of aliphatic hydroxyl groups excluding tert-OH is 1. The van der Waals surface area contributed by atoms with Crippen LogP contribution in [0.25, 0.3) is 5.76 Å². The number of pyridine rings is 1. The zero-order valence-corrected chi connectivity index (χ0v) is 26.5. The topological polar surface area (TPSA) is 115 Å². The van der Waals surface area contributed by atoms with Crippen molar-refractivity contribution >= 4 is 45.7 Å². The maximum Gasteiger partial charge on any atom is 0.301 e. The molecule has 1 fully saturated rings. The number of amides is 1. The van der Waals surface area contributed by atoms with Crippen LogP contribution in [-0.4, -0.2) is 45.2 Å². The number of thioether (sulfide) groups is 1. The minimum absolute atomic E-state index is 0.0516. The lowest BCUT2D eigenvalue weighted by Crippen LogP contribution is -2.29. The van der Waals surface area contributed by atoms with Gasteiger partial charge >= 0.3 is 5.91 Å². The number of rotatable bonds is 13. The average molecular weight is 631 g/mol. The molecule has 0 spiro atoms. The monoisotopic (exact) mass is 630 g/mol. The number of benzene rings is 2. The summed E-state index contributed by atoms with van der Waals surface area (Å²) < 4.78 is 12.6. The molecule has 1 unspecified atom stereocenters. The Morgan fingerprint density at radius 3 is 2.48 bits per heavy atom. The fraction of sp³-hybridized carbons (Fsp3) is 0.303. The molecule has 1 saturated heterocycles. The largest absolute Gasteiger partial charge is 0.507 e. The van der Waals surface area contributed by atoms with Crippen LogP contribution in [0.3, 0.4) is 0 Å². The molecule has 9 nitrogen and oxygen atoms in total. The van der Waals surface area contributed by atoms with Gasteiger partial charge in [0.25, 0.3) is 5.78 Å². The van der Waals surface area contributed by atoms with Crippen LogP contribution < -0.4 is 14.4 Å². The molecule has 5 rings (SSSR count). The molecule has 11 heteroatoms. The number of ether oxygens (including phenoxy) is 2. The lowest BCUT2D eigenvalue weighted by Gasteiger charge is -2.23. The zero-order chi connectivity index (χ0) is 31.1. The summed E-state index contributed by atoms with van der Waals surface area (Å²) in [6.45, 7) is 6.98. The van der Waals surface area contributed by atoms with E-state index in [4.69, 9.17) is 9.47 Å². The zero-order valence-electron chi connectivity index (χ0n) is 24.9. The van der Waals surface area contributed by atoms with Crippen molar-refractivity contribution in [1.29, 1.82) is 0 Å². The van der Waals surface area contributed by atoms with Gasteiger partial charge in [0.2, 0.25) is 5.13 Å². The molecule has 44 heavy (non-hydrogen) atoms. The first-order valence-electron chi connectivity index (χ1n) is 14.5. The lowest BCUT2D eigenvalue weighted by molar-refractivity contribution is -0.132. The van der Waals surface area contributed by atoms with Crippen LogP contribution in [0.15, 0.2) is 76.9 Å². The summed E-state index contributed by atoms with van der Waals surface area (Å²) in [6, 6.07) is 15.8. The van der Waals surface area contributed by atoms with E-state index < -0.39 is 17.7 Å². The number of hydrogen-bond acceptors (Lipinski definition) is 10. The molecule has 1 aliphatic heterocycles. The third-order valence-corrected chi connectivity index (χ3v) is 9.20. The van der Waals surface area contributed by atoms with E-state index in [0.29, 0.717) is 45.9 Å². The first-order chi connectivity index (χ1) is 21.4. The summed E-state index contributed by atoms with van der Waals surface area (Å²) in [5, 5.41) is 20.3. The molecule has 1 amide bonds. The third-order valence-electron chi connectivity index (χ3n) is 7.07. The Labute approximate surface area is 265 Å². The van der Waals surface area contributed by atoms with Crippen LogP contribution in [0.2, 0.25) is 0 Å². The maximum absolute atomic E-state index is 13.6. The standard InChI is InChI=1S/C33H34N4O5S2/c1-4-6-7-18-42-25-13-12-24(19-26(25)41-5-2)28-27(29(38)23-14-16-34-17-15-23)30(39)31(40)37(28)32-35-36-33(44-32)43-20-22-10-8-21(3)9-11-22/h8-17,19,28,38H,4-7,18,20H2,1-3H3. The van der Waals surface area contributed by atoms with Gasteiger partial charge in [-0.15, -0.1) is 10.2 Å². The summed E-state index contributed by atoms with van der Waals surface area (Å²) in [5.74, 6) is -0.169. The van der Waals surface area contributed by atoms with E-state index in [1.54, 1.807) is 30.3 Å². The molecule has 4 aromatic rings. The minimum atomic E-state index is -0.973. The third kappa shape index (κ3) is 6.95. The van der Waals surface area contributed by atoms with Crippen molar-refractivity contribution in [2.45, 2.75) is 56.2 Å². The number of aliphatic hydroxyl groups is 1. The van der Waals surface area contributed by atoms with E-state index in [0.717, 1.165) is 24.8 Å². The van der Waals surface area contributed by atoms with Gasteiger partial charge < -0.3 is 14.6 Å². The Kier molecular flexibility index (Phi) is 10.3. The van der Waals surface area contributed by atoms with Crippen LogP contribution in [0, 0.1) is 6.92 Å². The van der Waals surface area contributed by atoms with Crippen molar-refractivity contribution in [1.82, 2.24) is 15.2 Å². The van der Waals surface area contributed by atoms with E-state index in [2.05, 4.69) is 46.4 Å². The van der Waals surface area contributed by atoms with Crippen LogP contribution in [0.1, 0.15) is 61.4 Å². The minimum Gasteiger partial charge on any atom is -0.507 e. The second-order valence-corrected chi connectivity index (χ2v) is 12.4. The Hall–Kier alpha value is -4.22. The fourth-order valence-electron chi connectivity index (χ4n) is 4.81. The Balaban J connectivity index is 1.53. The fourth-order valence-corrected chi connectivity index (χ4v) is 6.64. The Bertz CT molecular complexity index is 1640. The van der Waals surface area contributed by atoms with Gasteiger partial charge in [0.1, 0.15) is 5.76 Å². The van der Waals surface area contributed by atoms with Crippen molar-refractivity contribution in [3.63, 3.8) is 0 Å². The number of carbonyl (C=O) groups is 2. The number of carbonyl (C=O) groups excluding carboxylic acids is 2. The van der Waals surface area contributed by atoms with Gasteiger partial charge in [0.05, 0.1) is 24.8 Å². The van der Waals surface area contributed by atoms with Gasteiger partial charge in [-0.2, -0.15) is 0 Å². The van der Waals surface area contributed by atoms with E-state index in [1.165, 1.54) is 46.0 Å². The second-order valence-electron chi connectivity index (χ2n) is 10.2. The predicted molar refractivity (Wildman–Crippen MR) is 172 cm³/mol. The molecule has 3 heterocycles. The van der Waals surface area contributed by atoms with Gasteiger partial charge in [-0.05, 0) is 55.7 Å². The predicted octanol–water partition coefficient (Wildman–Crippen LogP) is 7.13. The maximum atomic E-state index is 13.6. The molecular formula is C33H34N4O5S2. The summed E-state index contributed by atoms with van der Waals surface area (Å²) in [5.41, 5.74) is 3.20. The number of nitrogens with zero attached hydrogens (tertiary/aromatic N) is 4. The highest BCUT2D eigenvalue weighted by molar-refractivity contribution is 8.00. The molecule has 0 aliphatic carbocycles. The van der Waals surface area contributed by atoms with Crippen LogP contribution in [-0.2, 0) is 15.3 Å². The number of Topliss-reactive ketones (excluding diaryl/α,β-unsaturated/α-hetero) is 1. The number of anilines is 1. The number of aryl methyl sites for hydroxylation is 1. The smallest absolute Gasteiger partial charge is 0.301 e. The van der Waals surface area contributed by atoms with Crippen LogP contribution in [0.4, 0.5) is 5.13 Å². The molecule has 0 saturated carbocycles. The highest BCUT2D eigenvalue weighted by atomic mass is 32.2. The van der Waals surface area contributed by atoms with Crippen molar-refractivity contribution < 1.29 is 24.2 Å². The van der Waals surface area contributed by atoms with Gasteiger partial charge in [-0.1, -0.05) is 78.8 Å². The van der Waals surface area contributed by atoms with E-state index in [-0.39, 0.29) is 16.5 Å². The van der Waals surface area contributed by atoms with Crippen molar-refractivity contribution in [2.24, 2.45) is 0 Å². The molecule has 228 valence electrons. The summed E-state index contributed by atoms with van der Waals surface area (Å²) in [4.78, 5) is 32.5. The molecule has 0 bridgehead atoms. The van der Waals surface area contributed by atoms with Crippen LogP contribution in [0.5, 0.6) is 11.5 Å². The van der Waals surface area contributed by atoms with E-state index in [1.807, 2.05) is 13.8 Å². The molecule has 1 aliphatic rings. The van der Waals surface area contributed by atoms with Gasteiger partial charge in [0.15, 0.2) is 15.8 Å². The van der Waals surface area contributed by atoms with Gasteiger partial charge in [-0.25, -0.2) is 0 Å². The Morgan fingerprint density at radius 2 is 1.75 bits per heavy atom. The summed E-state index contributed by atoms with van der Waals surface area (Å²) >= 11 is 2.72. The molecule has 1 atom stereocenters. The molecular weight excluding hydrogens is 597 g/mol. The lowest BCUT2D eigenvalue weighted by atomic mass is 9.95. The molecule has 0 radical (unpaired) electrons. The number of unbranched alkanes of at least 4 members (excludes halogenated alkanes) is 2. The summed E-state index contributed by atoms with van der Waals surface area (Å²) in [7, 11) is 0. The normalized spacial score (nSPS) is 16.0. The number of hydrogen-bond donors (Lipinski definition) is 1. The summed E-state index contributed by atoms with van der Waals surface area (Å²) in [6.07, 6.45) is 6.07. The number of ketones is 1. The van der Waals surface area contributed by atoms with Crippen LogP contribution >= 0.6 is 23.1 Å². The SMILES string of the molecule is CCCCCOc1ccc(C2C(=C(O)c3ccncc3)C(=O)C(=O)N2c2nnc(SCc3ccc(C)cc3)s2)cc1OCC. The molecule has 2 aromatic carbocycles. The quantitative estimate of drug-likeness (QED) is 0.0411. The highest BCUT2D eigenvalue weighted by Crippen LogP contribution is 2.45. The van der Waals surface area contributed by atoms with Crippen molar-refractivity contribution in [2.75, 3.05) is 18.1 Å². The first kappa shape index (κ1) is 31.2. The van der Waals surface area contributed by atoms with Crippen molar-refractivity contribution in [3.8, 4) is 11.5 Å². The molecule has 1 N–H and O–H groups in total. The molecule has 2 aromatic heterocycles. The van der Waals surface area contributed by atoms with E-state index >= 15 is 0 Å². The van der Waals surface area contributed by atoms with Crippen molar-refractivity contribution in [3.05, 3.63) is 94.8 Å².